The minimum Gasteiger partial charge on any atom is -0.454 e. The van der Waals surface area contributed by atoms with Gasteiger partial charge in [-0.05, 0) is 35.9 Å². The van der Waals surface area contributed by atoms with E-state index in [2.05, 4.69) is 5.32 Å². The molecule has 0 aromatic heterocycles. The molecule has 0 unspecified atom stereocenters. The Balaban J connectivity index is 1.72. The van der Waals surface area contributed by atoms with E-state index < -0.39 is 17.8 Å². The summed E-state index contributed by atoms with van der Waals surface area (Å²) in [4.78, 5) is 37.8. The van der Waals surface area contributed by atoms with Crippen LogP contribution in [0.4, 0.5) is 10.5 Å². The number of benzene rings is 2. The summed E-state index contributed by atoms with van der Waals surface area (Å²) in [6, 6.07) is 12.7. The Morgan fingerprint density at radius 1 is 0.960 bits per heavy atom. The van der Waals surface area contributed by atoms with Gasteiger partial charge >= 0.3 is 6.03 Å². The van der Waals surface area contributed by atoms with Crippen LogP contribution in [0.5, 0.6) is 11.5 Å². The SMILES string of the molecule is O=C1NC(=O)N(c2ccccc2)C(=O)/C1=C\c1ccc2c(c1)OCO2. The second-order valence-corrected chi connectivity index (χ2v) is 5.41. The van der Waals surface area contributed by atoms with Gasteiger partial charge in [-0.25, -0.2) is 9.69 Å². The monoisotopic (exact) mass is 336 g/mol. The third kappa shape index (κ3) is 2.61. The highest BCUT2D eigenvalue weighted by Gasteiger charge is 2.36. The molecule has 1 saturated heterocycles. The average Bonchev–Trinajstić information content (AvgIpc) is 3.07. The Bertz CT molecular complexity index is 920. The van der Waals surface area contributed by atoms with Crippen molar-refractivity contribution in [3.05, 3.63) is 59.7 Å². The lowest BCUT2D eigenvalue weighted by Gasteiger charge is -2.26. The fraction of sp³-hybridized carbons (Fsp3) is 0.0556. The molecule has 2 aromatic rings. The topological polar surface area (TPSA) is 84.9 Å². The first-order valence-corrected chi connectivity index (χ1v) is 7.49. The van der Waals surface area contributed by atoms with Crippen molar-refractivity contribution < 1.29 is 23.9 Å². The Kier molecular flexibility index (Phi) is 3.46. The van der Waals surface area contributed by atoms with Gasteiger partial charge in [0.2, 0.25) is 6.79 Å². The lowest BCUT2D eigenvalue weighted by molar-refractivity contribution is -0.122. The predicted octanol–water partition coefficient (Wildman–Crippen LogP) is 2.08. The van der Waals surface area contributed by atoms with Crippen molar-refractivity contribution >= 4 is 29.6 Å². The molecule has 2 aliphatic heterocycles. The zero-order valence-corrected chi connectivity index (χ0v) is 12.9. The maximum Gasteiger partial charge on any atom is 0.335 e. The van der Waals surface area contributed by atoms with E-state index >= 15 is 0 Å². The van der Waals surface area contributed by atoms with Gasteiger partial charge < -0.3 is 9.47 Å². The van der Waals surface area contributed by atoms with Gasteiger partial charge in [-0.3, -0.25) is 14.9 Å². The van der Waals surface area contributed by atoms with Crippen LogP contribution in [0.3, 0.4) is 0 Å². The summed E-state index contributed by atoms with van der Waals surface area (Å²) in [6.07, 6.45) is 1.42. The average molecular weight is 336 g/mol. The van der Waals surface area contributed by atoms with Crippen LogP contribution in [0.25, 0.3) is 6.08 Å². The molecule has 7 nitrogen and oxygen atoms in total. The van der Waals surface area contributed by atoms with Gasteiger partial charge in [-0.1, -0.05) is 24.3 Å². The first-order valence-electron chi connectivity index (χ1n) is 7.49. The second kappa shape index (κ2) is 5.79. The molecule has 0 atom stereocenters. The van der Waals surface area contributed by atoms with Crippen molar-refractivity contribution in [2.24, 2.45) is 0 Å². The molecule has 2 aliphatic rings. The number of ether oxygens (including phenoxy) is 2. The van der Waals surface area contributed by atoms with Crippen molar-refractivity contribution in [3.8, 4) is 11.5 Å². The molecular weight excluding hydrogens is 324 g/mol. The number of urea groups is 1. The molecule has 1 N–H and O–H groups in total. The number of nitrogens with one attached hydrogen (secondary N) is 1. The summed E-state index contributed by atoms with van der Waals surface area (Å²) in [6.45, 7) is 0.130. The van der Waals surface area contributed by atoms with E-state index in [1.165, 1.54) is 6.08 Å². The molecule has 2 heterocycles. The summed E-state index contributed by atoms with van der Waals surface area (Å²) in [5.74, 6) is -0.283. The second-order valence-electron chi connectivity index (χ2n) is 5.41. The highest BCUT2D eigenvalue weighted by Crippen LogP contribution is 2.33. The van der Waals surface area contributed by atoms with Crippen LogP contribution < -0.4 is 19.7 Å². The predicted molar refractivity (Wildman–Crippen MR) is 88.0 cm³/mol. The highest BCUT2D eigenvalue weighted by molar-refractivity contribution is 6.39. The van der Waals surface area contributed by atoms with E-state index in [0.717, 1.165) is 4.90 Å². The van der Waals surface area contributed by atoms with Crippen molar-refractivity contribution in [2.75, 3.05) is 11.7 Å². The van der Waals surface area contributed by atoms with E-state index in [0.29, 0.717) is 22.7 Å². The van der Waals surface area contributed by atoms with Crippen LogP contribution >= 0.6 is 0 Å². The van der Waals surface area contributed by atoms with Crippen molar-refractivity contribution in [3.63, 3.8) is 0 Å². The van der Waals surface area contributed by atoms with E-state index in [1.807, 2.05) is 0 Å². The molecule has 2 aromatic carbocycles. The fourth-order valence-electron chi connectivity index (χ4n) is 2.64. The largest absolute Gasteiger partial charge is 0.454 e. The molecule has 0 bridgehead atoms. The Hall–Kier alpha value is -3.61. The minimum absolute atomic E-state index is 0.130. The quantitative estimate of drug-likeness (QED) is 0.670. The van der Waals surface area contributed by atoms with Gasteiger partial charge in [0.1, 0.15) is 5.57 Å². The van der Waals surface area contributed by atoms with Crippen molar-refractivity contribution in [2.45, 2.75) is 0 Å². The number of barbiturate groups is 1. The number of carbonyl (C=O) groups excluding carboxylic acids is 3. The zero-order chi connectivity index (χ0) is 17.4. The Labute approximate surface area is 142 Å². The number of anilines is 1. The zero-order valence-electron chi connectivity index (χ0n) is 12.9. The molecule has 4 amide bonds. The van der Waals surface area contributed by atoms with Crippen LogP contribution in [0.1, 0.15) is 5.56 Å². The van der Waals surface area contributed by atoms with E-state index in [4.69, 9.17) is 9.47 Å². The number of imide groups is 2. The molecule has 0 saturated carbocycles. The number of rotatable bonds is 2. The number of fused-ring (bicyclic) bond motifs is 1. The van der Waals surface area contributed by atoms with Crippen LogP contribution in [-0.4, -0.2) is 24.6 Å². The number of nitrogens with zero attached hydrogens (tertiary/aromatic N) is 1. The van der Waals surface area contributed by atoms with Crippen molar-refractivity contribution in [1.29, 1.82) is 0 Å². The smallest absolute Gasteiger partial charge is 0.335 e. The summed E-state index contributed by atoms with van der Waals surface area (Å²) in [7, 11) is 0. The molecule has 0 aliphatic carbocycles. The van der Waals surface area contributed by atoms with Crippen LogP contribution in [0, 0.1) is 0 Å². The Morgan fingerprint density at radius 2 is 1.72 bits per heavy atom. The van der Waals surface area contributed by atoms with E-state index in [1.54, 1.807) is 48.5 Å². The van der Waals surface area contributed by atoms with Crippen LogP contribution in [0.2, 0.25) is 0 Å². The number of amides is 4. The minimum atomic E-state index is -0.774. The summed E-state index contributed by atoms with van der Waals surface area (Å²) < 4.78 is 10.5. The number of carbonyl (C=O) groups is 3. The maximum absolute atomic E-state index is 12.7. The van der Waals surface area contributed by atoms with Gasteiger partial charge in [0.15, 0.2) is 11.5 Å². The molecule has 124 valence electrons. The lowest BCUT2D eigenvalue weighted by Crippen LogP contribution is -2.54. The number of hydrogen-bond donors (Lipinski definition) is 1. The third-order valence-corrected chi connectivity index (χ3v) is 3.82. The standard InChI is InChI=1S/C18H12N2O5/c21-16-13(8-11-6-7-14-15(9-11)25-10-24-14)17(22)20(18(23)19-16)12-4-2-1-3-5-12/h1-9H,10H2,(H,19,21,23)/b13-8-. The van der Waals surface area contributed by atoms with Crippen molar-refractivity contribution in [1.82, 2.24) is 5.32 Å². The van der Waals surface area contributed by atoms with Gasteiger partial charge in [0.25, 0.3) is 11.8 Å². The molecule has 25 heavy (non-hydrogen) atoms. The first-order chi connectivity index (χ1) is 12.1. The number of para-hydroxylation sites is 1. The third-order valence-electron chi connectivity index (χ3n) is 3.82. The summed E-state index contributed by atoms with van der Waals surface area (Å²) in [5, 5.41) is 2.18. The molecule has 4 rings (SSSR count). The van der Waals surface area contributed by atoms with E-state index in [9.17, 15) is 14.4 Å². The lowest BCUT2D eigenvalue weighted by atomic mass is 10.1. The molecule has 0 spiro atoms. The Morgan fingerprint density at radius 3 is 2.52 bits per heavy atom. The van der Waals surface area contributed by atoms with Crippen LogP contribution in [0.15, 0.2) is 54.1 Å². The maximum atomic E-state index is 12.7. The molecule has 7 heteroatoms. The normalized spacial score (nSPS) is 17.8. The van der Waals surface area contributed by atoms with Gasteiger partial charge in [-0.15, -0.1) is 0 Å². The number of hydrogen-bond acceptors (Lipinski definition) is 5. The molecule has 0 radical (unpaired) electrons. The van der Waals surface area contributed by atoms with Gasteiger partial charge in [-0.2, -0.15) is 0 Å². The summed E-state index contributed by atoms with van der Waals surface area (Å²) >= 11 is 0. The molecule has 1 fully saturated rings. The van der Waals surface area contributed by atoms with Gasteiger partial charge in [0, 0.05) is 0 Å². The first kappa shape index (κ1) is 14.9. The fourth-order valence-corrected chi connectivity index (χ4v) is 2.64. The highest BCUT2D eigenvalue weighted by atomic mass is 16.7. The molecular formula is C18H12N2O5. The van der Waals surface area contributed by atoms with E-state index in [-0.39, 0.29) is 12.4 Å². The summed E-state index contributed by atoms with van der Waals surface area (Å²) in [5.41, 5.74) is 0.835. The van der Waals surface area contributed by atoms with Crippen LogP contribution in [-0.2, 0) is 9.59 Å². The van der Waals surface area contributed by atoms with Gasteiger partial charge in [0.05, 0.1) is 5.69 Å².